The zero-order valence-corrected chi connectivity index (χ0v) is 16.6. The third-order valence-corrected chi connectivity index (χ3v) is 9.57. The average molecular weight is 350 g/mol. The molecule has 2 N–H and O–H groups in total. The standard InChI is InChI=1S/C22H39NO2/c1-21-10-8-16(25)14-15(21)4-5-17-18-6-7-20(23(3)12-13-24)22(18,2)11-9-19(17)21/h15-20,24-25H,4-14H2,1-3H3/t15-,16-,17-,18-,19-,20+,21-,22+/m1/s1. The Kier molecular flexibility index (Phi) is 4.74. The smallest absolute Gasteiger partial charge is 0.0558 e. The molecule has 0 unspecified atom stereocenters. The van der Waals surface area contributed by atoms with E-state index in [0.29, 0.717) is 16.9 Å². The van der Waals surface area contributed by atoms with Crippen LogP contribution in [0.15, 0.2) is 0 Å². The van der Waals surface area contributed by atoms with Crippen molar-refractivity contribution >= 4 is 0 Å². The van der Waals surface area contributed by atoms with Crippen molar-refractivity contribution in [3.63, 3.8) is 0 Å². The third kappa shape index (κ3) is 2.72. The molecule has 4 aliphatic carbocycles. The Morgan fingerprint density at radius 2 is 1.64 bits per heavy atom. The van der Waals surface area contributed by atoms with Gasteiger partial charge in [-0.3, -0.25) is 0 Å². The van der Waals surface area contributed by atoms with Crippen LogP contribution in [-0.4, -0.2) is 47.5 Å². The molecule has 0 aromatic rings. The zero-order valence-electron chi connectivity index (χ0n) is 16.6. The number of hydrogen-bond donors (Lipinski definition) is 2. The molecule has 0 spiro atoms. The summed E-state index contributed by atoms with van der Waals surface area (Å²) in [5, 5.41) is 19.6. The van der Waals surface area contributed by atoms with Crippen molar-refractivity contribution in [1.82, 2.24) is 4.90 Å². The van der Waals surface area contributed by atoms with Crippen LogP contribution in [0.2, 0.25) is 0 Å². The zero-order chi connectivity index (χ0) is 17.8. The predicted octanol–water partition coefficient (Wildman–Crippen LogP) is 3.68. The van der Waals surface area contributed by atoms with Crippen molar-refractivity contribution in [2.24, 2.45) is 34.5 Å². The van der Waals surface area contributed by atoms with E-state index in [0.717, 1.165) is 43.1 Å². The maximum Gasteiger partial charge on any atom is 0.0558 e. The number of likely N-dealkylation sites (N-methyl/N-ethyl adjacent to an activating group) is 1. The van der Waals surface area contributed by atoms with Crippen molar-refractivity contribution in [2.75, 3.05) is 20.2 Å². The molecule has 144 valence electrons. The third-order valence-electron chi connectivity index (χ3n) is 9.57. The molecule has 3 heteroatoms. The topological polar surface area (TPSA) is 43.7 Å². The van der Waals surface area contributed by atoms with Gasteiger partial charge in [0.25, 0.3) is 0 Å². The second-order valence-electron chi connectivity index (χ2n) is 10.4. The van der Waals surface area contributed by atoms with Crippen molar-refractivity contribution in [2.45, 2.75) is 83.8 Å². The number of fused-ring (bicyclic) bond motifs is 5. The normalized spacial score (nSPS) is 52.6. The van der Waals surface area contributed by atoms with Gasteiger partial charge in [-0.15, -0.1) is 0 Å². The van der Waals surface area contributed by atoms with E-state index in [1.54, 1.807) is 0 Å². The minimum absolute atomic E-state index is 0.0357. The largest absolute Gasteiger partial charge is 0.395 e. The Bertz CT molecular complexity index is 496. The summed E-state index contributed by atoms with van der Waals surface area (Å²) in [5.41, 5.74) is 0.932. The molecular formula is C22H39NO2. The van der Waals surface area contributed by atoms with Gasteiger partial charge in [0.1, 0.15) is 0 Å². The lowest BCUT2D eigenvalue weighted by Gasteiger charge is -2.61. The molecule has 0 amide bonds. The first-order valence-corrected chi connectivity index (χ1v) is 10.9. The summed E-state index contributed by atoms with van der Waals surface area (Å²) >= 11 is 0. The molecule has 0 heterocycles. The van der Waals surface area contributed by atoms with Crippen molar-refractivity contribution in [3.05, 3.63) is 0 Å². The Morgan fingerprint density at radius 3 is 2.40 bits per heavy atom. The summed E-state index contributed by atoms with van der Waals surface area (Å²) in [4.78, 5) is 2.45. The fourth-order valence-corrected chi connectivity index (χ4v) is 8.25. The molecular weight excluding hydrogens is 310 g/mol. The molecule has 0 aromatic carbocycles. The van der Waals surface area contributed by atoms with Gasteiger partial charge in [0, 0.05) is 12.6 Å². The summed E-state index contributed by atoms with van der Waals surface area (Å²) in [6, 6.07) is 0.657. The van der Waals surface area contributed by atoms with Gasteiger partial charge in [-0.2, -0.15) is 0 Å². The van der Waals surface area contributed by atoms with Gasteiger partial charge in [-0.1, -0.05) is 13.8 Å². The van der Waals surface area contributed by atoms with E-state index in [9.17, 15) is 10.2 Å². The first-order chi connectivity index (χ1) is 11.9. The van der Waals surface area contributed by atoms with E-state index in [1.165, 1.54) is 44.9 Å². The minimum Gasteiger partial charge on any atom is -0.395 e. The van der Waals surface area contributed by atoms with E-state index in [-0.39, 0.29) is 12.7 Å². The highest BCUT2D eigenvalue weighted by Gasteiger charge is 2.60. The van der Waals surface area contributed by atoms with Crippen molar-refractivity contribution in [1.29, 1.82) is 0 Å². The highest BCUT2D eigenvalue weighted by Crippen LogP contribution is 2.66. The lowest BCUT2D eigenvalue weighted by atomic mass is 9.45. The maximum atomic E-state index is 10.2. The van der Waals surface area contributed by atoms with Crippen LogP contribution < -0.4 is 0 Å². The lowest BCUT2D eigenvalue weighted by Crippen LogP contribution is -2.56. The van der Waals surface area contributed by atoms with E-state index in [2.05, 4.69) is 25.8 Å². The Morgan fingerprint density at radius 1 is 0.920 bits per heavy atom. The monoisotopic (exact) mass is 349 g/mol. The first-order valence-electron chi connectivity index (χ1n) is 10.9. The molecule has 4 fully saturated rings. The molecule has 0 saturated heterocycles. The highest BCUT2D eigenvalue weighted by molar-refractivity contribution is 5.11. The Hall–Kier alpha value is -0.120. The minimum atomic E-state index is -0.0357. The summed E-state index contributed by atoms with van der Waals surface area (Å²) in [6.45, 7) is 6.24. The summed E-state index contributed by atoms with van der Waals surface area (Å²) < 4.78 is 0. The molecule has 3 nitrogen and oxygen atoms in total. The summed E-state index contributed by atoms with van der Waals surface area (Å²) in [6.07, 6.45) is 11.5. The van der Waals surface area contributed by atoms with Gasteiger partial charge < -0.3 is 15.1 Å². The van der Waals surface area contributed by atoms with Gasteiger partial charge >= 0.3 is 0 Å². The molecule has 25 heavy (non-hydrogen) atoms. The number of nitrogens with zero attached hydrogens (tertiary/aromatic N) is 1. The van der Waals surface area contributed by atoms with Crippen LogP contribution in [0.25, 0.3) is 0 Å². The van der Waals surface area contributed by atoms with E-state index >= 15 is 0 Å². The second kappa shape index (κ2) is 6.49. The van der Waals surface area contributed by atoms with E-state index in [1.807, 2.05) is 0 Å². The fraction of sp³-hybridized carbons (Fsp3) is 1.00. The fourth-order valence-electron chi connectivity index (χ4n) is 8.25. The van der Waals surface area contributed by atoms with Gasteiger partial charge in [0.15, 0.2) is 0 Å². The number of rotatable bonds is 3. The number of aliphatic hydroxyl groups excluding tert-OH is 2. The van der Waals surface area contributed by atoms with Crippen LogP contribution in [0.1, 0.15) is 71.6 Å². The maximum absolute atomic E-state index is 10.2. The molecule has 0 radical (unpaired) electrons. The van der Waals surface area contributed by atoms with Crippen LogP contribution in [0.5, 0.6) is 0 Å². The van der Waals surface area contributed by atoms with Crippen LogP contribution in [-0.2, 0) is 0 Å². The Labute approximate surface area is 154 Å². The average Bonchev–Trinajstić information content (AvgIpc) is 2.93. The van der Waals surface area contributed by atoms with E-state index in [4.69, 9.17) is 0 Å². The molecule has 8 atom stereocenters. The molecule has 4 aliphatic rings. The van der Waals surface area contributed by atoms with Crippen LogP contribution >= 0.6 is 0 Å². The number of hydrogen-bond acceptors (Lipinski definition) is 3. The predicted molar refractivity (Wildman–Crippen MR) is 101 cm³/mol. The molecule has 0 aliphatic heterocycles. The molecule has 0 bridgehead atoms. The molecule has 4 saturated carbocycles. The summed E-state index contributed by atoms with van der Waals surface area (Å²) in [5.74, 6) is 3.43. The van der Waals surface area contributed by atoms with Gasteiger partial charge in [-0.05, 0) is 99.3 Å². The van der Waals surface area contributed by atoms with Gasteiger partial charge in [0.2, 0.25) is 0 Å². The quantitative estimate of drug-likeness (QED) is 0.817. The van der Waals surface area contributed by atoms with Crippen molar-refractivity contribution < 1.29 is 10.2 Å². The second-order valence-corrected chi connectivity index (χ2v) is 10.4. The molecule has 0 aromatic heterocycles. The summed E-state index contributed by atoms with van der Waals surface area (Å²) in [7, 11) is 2.22. The first kappa shape index (κ1) is 18.3. The highest BCUT2D eigenvalue weighted by atomic mass is 16.3. The lowest BCUT2D eigenvalue weighted by molar-refractivity contribution is -0.128. The van der Waals surface area contributed by atoms with Crippen molar-refractivity contribution in [3.8, 4) is 0 Å². The van der Waals surface area contributed by atoms with Crippen LogP contribution in [0, 0.1) is 34.5 Å². The Balaban J connectivity index is 1.56. The van der Waals surface area contributed by atoms with Crippen LogP contribution in [0.3, 0.4) is 0 Å². The van der Waals surface area contributed by atoms with Gasteiger partial charge in [0.05, 0.1) is 12.7 Å². The van der Waals surface area contributed by atoms with Gasteiger partial charge in [-0.25, -0.2) is 0 Å². The molecule has 4 rings (SSSR count). The van der Waals surface area contributed by atoms with Crippen LogP contribution in [0.4, 0.5) is 0 Å². The number of aliphatic hydroxyl groups is 2. The SMILES string of the molecule is CN(CCO)[C@H]1CC[C@@H]2[C@H]3CC[C@@H]4C[C@H](O)CC[C@@]4(C)[C@@H]3CC[C@@]21C. The van der Waals surface area contributed by atoms with E-state index < -0.39 is 0 Å².